The SMILES string of the molecule is Cc1ccc(CC(C)NC(=O)C2COCCN2)s1.Cl. The van der Waals surface area contributed by atoms with Gasteiger partial charge in [0.25, 0.3) is 0 Å². The van der Waals surface area contributed by atoms with E-state index in [1.807, 2.05) is 6.92 Å². The Morgan fingerprint density at radius 2 is 2.42 bits per heavy atom. The van der Waals surface area contributed by atoms with E-state index < -0.39 is 0 Å². The number of amides is 1. The zero-order valence-electron chi connectivity index (χ0n) is 11.3. The third kappa shape index (κ3) is 5.10. The molecule has 0 spiro atoms. The summed E-state index contributed by atoms with van der Waals surface area (Å²) < 4.78 is 5.29. The molecule has 2 atom stereocenters. The van der Waals surface area contributed by atoms with Gasteiger partial charge in [0.1, 0.15) is 6.04 Å². The third-order valence-corrected chi connectivity index (χ3v) is 3.95. The minimum atomic E-state index is -0.203. The molecule has 1 aromatic heterocycles. The van der Waals surface area contributed by atoms with Crippen LogP contribution in [0.5, 0.6) is 0 Å². The van der Waals surface area contributed by atoms with Gasteiger partial charge in [0.05, 0.1) is 13.2 Å². The van der Waals surface area contributed by atoms with E-state index >= 15 is 0 Å². The normalized spacial score (nSPS) is 20.4. The van der Waals surface area contributed by atoms with Gasteiger partial charge in [0, 0.05) is 28.8 Å². The summed E-state index contributed by atoms with van der Waals surface area (Å²) in [7, 11) is 0. The number of hydrogen-bond acceptors (Lipinski definition) is 4. The summed E-state index contributed by atoms with van der Waals surface area (Å²) in [5, 5.41) is 6.19. The monoisotopic (exact) mass is 304 g/mol. The number of thiophene rings is 1. The molecule has 1 saturated heterocycles. The Kier molecular flexibility index (Phi) is 6.79. The van der Waals surface area contributed by atoms with Crippen molar-refractivity contribution in [2.75, 3.05) is 19.8 Å². The molecule has 4 nitrogen and oxygen atoms in total. The Hall–Kier alpha value is -0.620. The van der Waals surface area contributed by atoms with Crippen LogP contribution in [-0.2, 0) is 16.0 Å². The predicted molar refractivity (Wildman–Crippen MR) is 80.2 cm³/mol. The highest BCUT2D eigenvalue weighted by Gasteiger charge is 2.22. The molecule has 0 radical (unpaired) electrons. The molecule has 0 aliphatic carbocycles. The third-order valence-electron chi connectivity index (χ3n) is 2.93. The topological polar surface area (TPSA) is 50.4 Å². The Balaban J connectivity index is 0.00000180. The van der Waals surface area contributed by atoms with E-state index in [0.717, 1.165) is 13.0 Å². The van der Waals surface area contributed by atoms with Gasteiger partial charge in [-0.15, -0.1) is 23.7 Å². The van der Waals surface area contributed by atoms with Crippen LogP contribution in [0, 0.1) is 6.92 Å². The van der Waals surface area contributed by atoms with E-state index in [1.54, 1.807) is 11.3 Å². The van der Waals surface area contributed by atoms with Crippen molar-refractivity contribution in [1.29, 1.82) is 0 Å². The van der Waals surface area contributed by atoms with Gasteiger partial charge < -0.3 is 15.4 Å². The number of rotatable bonds is 4. The molecule has 108 valence electrons. The average molecular weight is 305 g/mol. The molecule has 1 aliphatic heterocycles. The highest BCUT2D eigenvalue weighted by Crippen LogP contribution is 2.16. The second kappa shape index (κ2) is 7.85. The zero-order chi connectivity index (χ0) is 13.0. The van der Waals surface area contributed by atoms with Crippen molar-refractivity contribution in [2.24, 2.45) is 0 Å². The van der Waals surface area contributed by atoms with Crippen molar-refractivity contribution in [3.05, 3.63) is 21.9 Å². The van der Waals surface area contributed by atoms with Gasteiger partial charge in [0.15, 0.2) is 0 Å². The first-order valence-corrected chi connectivity index (χ1v) is 7.13. The highest BCUT2D eigenvalue weighted by molar-refractivity contribution is 7.11. The quantitative estimate of drug-likeness (QED) is 0.886. The first-order chi connectivity index (χ1) is 8.65. The summed E-state index contributed by atoms with van der Waals surface area (Å²) in [6.07, 6.45) is 0.887. The van der Waals surface area contributed by atoms with Crippen molar-refractivity contribution in [3.63, 3.8) is 0 Å². The van der Waals surface area contributed by atoms with E-state index in [1.165, 1.54) is 9.75 Å². The van der Waals surface area contributed by atoms with E-state index in [2.05, 4.69) is 29.7 Å². The van der Waals surface area contributed by atoms with Crippen LogP contribution in [0.3, 0.4) is 0 Å². The van der Waals surface area contributed by atoms with Crippen LogP contribution in [-0.4, -0.2) is 37.7 Å². The summed E-state index contributed by atoms with van der Waals surface area (Å²) in [6, 6.07) is 4.20. The van der Waals surface area contributed by atoms with Crippen molar-refractivity contribution < 1.29 is 9.53 Å². The first-order valence-electron chi connectivity index (χ1n) is 6.32. The molecule has 2 unspecified atom stereocenters. The number of carbonyl (C=O) groups is 1. The molecule has 2 N–H and O–H groups in total. The van der Waals surface area contributed by atoms with Crippen LogP contribution in [0.2, 0.25) is 0 Å². The Labute approximate surface area is 124 Å². The Morgan fingerprint density at radius 1 is 1.63 bits per heavy atom. The van der Waals surface area contributed by atoms with Crippen LogP contribution in [0.25, 0.3) is 0 Å². The molecule has 0 saturated carbocycles. The van der Waals surface area contributed by atoms with E-state index in [0.29, 0.717) is 13.2 Å². The molecule has 2 heterocycles. The molecule has 1 aliphatic rings. The number of nitrogens with one attached hydrogen (secondary N) is 2. The lowest BCUT2D eigenvalue weighted by molar-refractivity contribution is -0.126. The van der Waals surface area contributed by atoms with E-state index in [4.69, 9.17) is 4.74 Å². The lowest BCUT2D eigenvalue weighted by Crippen LogP contribution is -2.53. The van der Waals surface area contributed by atoms with Gasteiger partial charge >= 0.3 is 0 Å². The summed E-state index contributed by atoms with van der Waals surface area (Å²) in [4.78, 5) is 14.6. The molecule has 2 rings (SSSR count). The maximum absolute atomic E-state index is 12.0. The molecular formula is C13H21ClN2O2S. The van der Waals surface area contributed by atoms with Gasteiger partial charge in [-0.1, -0.05) is 0 Å². The Bertz CT molecular complexity index is 405. The van der Waals surface area contributed by atoms with Gasteiger partial charge in [-0.25, -0.2) is 0 Å². The van der Waals surface area contributed by atoms with Crippen LogP contribution in [0.15, 0.2) is 12.1 Å². The molecule has 1 aromatic rings. The van der Waals surface area contributed by atoms with Crippen molar-refractivity contribution in [1.82, 2.24) is 10.6 Å². The lowest BCUT2D eigenvalue weighted by atomic mass is 10.2. The van der Waals surface area contributed by atoms with Crippen molar-refractivity contribution >= 4 is 29.7 Å². The van der Waals surface area contributed by atoms with Crippen LogP contribution >= 0.6 is 23.7 Å². The number of hydrogen-bond donors (Lipinski definition) is 2. The van der Waals surface area contributed by atoms with Crippen molar-refractivity contribution in [2.45, 2.75) is 32.4 Å². The zero-order valence-corrected chi connectivity index (χ0v) is 12.9. The van der Waals surface area contributed by atoms with Gasteiger partial charge in [-0.3, -0.25) is 4.79 Å². The van der Waals surface area contributed by atoms with Gasteiger partial charge in [0.2, 0.25) is 5.91 Å². The van der Waals surface area contributed by atoms with Crippen LogP contribution in [0.1, 0.15) is 16.7 Å². The Morgan fingerprint density at radius 3 is 3.00 bits per heavy atom. The van der Waals surface area contributed by atoms with Crippen molar-refractivity contribution in [3.8, 4) is 0 Å². The minimum Gasteiger partial charge on any atom is -0.378 e. The number of ether oxygens (including phenoxy) is 1. The molecule has 1 fully saturated rings. The van der Waals surface area contributed by atoms with Gasteiger partial charge in [-0.05, 0) is 26.0 Å². The summed E-state index contributed by atoms with van der Waals surface area (Å²) in [5.41, 5.74) is 0. The van der Waals surface area contributed by atoms with E-state index in [9.17, 15) is 4.79 Å². The molecule has 6 heteroatoms. The largest absolute Gasteiger partial charge is 0.378 e. The summed E-state index contributed by atoms with van der Waals surface area (Å²) in [6.45, 7) is 6.04. The maximum atomic E-state index is 12.0. The minimum absolute atomic E-state index is 0. The fourth-order valence-corrected chi connectivity index (χ4v) is 3.04. The lowest BCUT2D eigenvalue weighted by Gasteiger charge is -2.24. The predicted octanol–water partition coefficient (Wildman–Crippen LogP) is 1.51. The van der Waals surface area contributed by atoms with E-state index in [-0.39, 0.29) is 30.4 Å². The van der Waals surface area contributed by atoms with Gasteiger partial charge in [-0.2, -0.15) is 0 Å². The molecule has 19 heavy (non-hydrogen) atoms. The van der Waals surface area contributed by atoms with Crippen LogP contribution in [0.4, 0.5) is 0 Å². The second-order valence-electron chi connectivity index (χ2n) is 4.71. The summed E-state index contributed by atoms with van der Waals surface area (Å²) >= 11 is 1.79. The fraction of sp³-hybridized carbons (Fsp3) is 0.615. The molecule has 0 bridgehead atoms. The number of carbonyl (C=O) groups excluding carboxylic acids is 1. The highest BCUT2D eigenvalue weighted by atomic mass is 35.5. The number of halogens is 1. The second-order valence-corrected chi connectivity index (χ2v) is 6.08. The number of aryl methyl sites for hydroxylation is 1. The molecule has 1 amide bonds. The van der Waals surface area contributed by atoms with Crippen LogP contribution < -0.4 is 10.6 Å². The smallest absolute Gasteiger partial charge is 0.239 e. The number of morpholine rings is 1. The molecule has 0 aromatic carbocycles. The maximum Gasteiger partial charge on any atom is 0.239 e. The fourth-order valence-electron chi connectivity index (χ4n) is 2.02. The first kappa shape index (κ1) is 16.4. The standard InChI is InChI=1S/C13H20N2O2S.ClH/c1-9(7-11-4-3-10(2)18-11)15-13(16)12-8-17-6-5-14-12;/h3-4,9,12,14H,5-8H2,1-2H3,(H,15,16);1H. The average Bonchev–Trinajstić information content (AvgIpc) is 2.75. The summed E-state index contributed by atoms with van der Waals surface area (Å²) in [5.74, 6) is 0.0375. The molecular weight excluding hydrogens is 284 g/mol.